The highest BCUT2D eigenvalue weighted by molar-refractivity contribution is 6.14. The van der Waals surface area contributed by atoms with Crippen molar-refractivity contribution < 1.29 is 14.3 Å². The third-order valence-electron chi connectivity index (χ3n) is 7.03. The molecule has 180 valence electrons. The number of benzene rings is 3. The fourth-order valence-corrected chi connectivity index (χ4v) is 5.44. The lowest BCUT2D eigenvalue weighted by molar-refractivity contribution is 0.0451. The van der Waals surface area contributed by atoms with E-state index in [0.717, 1.165) is 69.9 Å². The van der Waals surface area contributed by atoms with E-state index in [-0.39, 0.29) is 12.5 Å². The summed E-state index contributed by atoms with van der Waals surface area (Å²) in [5.41, 5.74) is 4.79. The molecule has 0 saturated carbocycles. The smallest absolute Gasteiger partial charge is 0.339 e. The van der Waals surface area contributed by atoms with Gasteiger partial charge in [0.1, 0.15) is 0 Å². The predicted octanol–water partition coefficient (Wildman–Crippen LogP) is 5.61. The van der Waals surface area contributed by atoms with Crippen molar-refractivity contribution in [3.8, 4) is 0 Å². The zero-order chi connectivity index (χ0) is 24.6. The Morgan fingerprint density at radius 2 is 1.53 bits per heavy atom. The van der Waals surface area contributed by atoms with Crippen LogP contribution >= 0.6 is 0 Å². The first-order valence-electron chi connectivity index (χ1n) is 12.5. The predicted molar refractivity (Wildman–Crippen MR) is 141 cm³/mol. The lowest BCUT2D eigenvalue weighted by Crippen LogP contribution is -2.33. The van der Waals surface area contributed by atoms with Gasteiger partial charge in [0.15, 0.2) is 6.61 Å². The molecular formula is C30H27N3O3. The van der Waals surface area contributed by atoms with Gasteiger partial charge in [-0.1, -0.05) is 61.5 Å². The standard InChI is InChI=1S/C30H27N3O3/c1-2-16-32-17-15-25-23(18-32)29(22-11-3-6-12-24(22)31-25)30(35)36-19-28(34)33-26-13-7-4-9-20(26)21-10-5-8-14-27(21)33/h3-14H,2,15-19H2,1H3. The molecule has 0 saturated heterocycles. The van der Waals surface area contributed by atoms with Gasteiger partial charge in [0.05, 0.1) is 22.1 Å². The average molecular weight is 478 g/mol. The molecule has 2 aromatic heterocycles. The maximum Gasteiger partial charge on any atom is 0.339 e. The first-order valence-corrected chi connectivity index (χ1v) is 12.5. The molecule has 0 fully saturated rings. The van der Waals surface area contributed by atoms with Crippen LogP contribution in [0.4, 0.5) is 0 Å². The summed E-state index contributed by atoms with van der Waals surface area (Å²) in [6, 6.07) is 23.3. The highest BCUT2D eigenvalue weighted by atomic mass is 16.5. The van der Waals surface area contributed by atoms with Crippen molar-refractivity contribution in [1.82, 2.24) is 14.5 Å². The first-order chi connectivity index (χ1) is 17.7. The van der Waals surface area contributed by atoms with E-state index in [4.69, 9.17) is 9.72 Å². The van der Waals surface area contributed by atoms with E-state index >= 15 is 0 Å². The number of carbonyl (C=O) groups is 2. The number of aromatic nitrogens is 2. The quantitative estimate of drug-likeness (QED) is 0.308. The summed E-state index contributed by atoms with van der Waals surface area (Å²) in [5.74, 6) is -0.752. The second kappa shape index (κ2) is 9.21. The molecule has 3 aromatic carbocycles. The van der Waals surface area contributed by atoms with E-state index in [1.165, 1.54) is 0 Å². The van der Waals surface area contributed by atoms with Crippen LogP contribution in [0.1, 0.15) is 39.8 Å². The van der Waals surface area contributed by atoms with E-state index in [2.05, 4.69) is 11.8 Å². The number of para-hydroxylation sites is 3. The van der Waals surface area contributed by atoms with Gasteiger partial charge in [-0.15, -0.1) is 0 Å². The molecule has 36 heavy (non-hydrogen) atoms. The number of pyridine rings is 1. The van der Waals surface area contributed by atoms with Gasteiger partial charge in [-0.3, -0.25) is 19.2 Å². The summed E-state index contributed by atoms with van der Waals surface area (Å²) in [5, 5.41) is 2.76. The van der Waals surface area contributed by atoms with Crippen molar-refractivity contribution in [3.63, 3.8) is 0 Å². The maximum atomic E-state index is 13.6. The fourth-order valence-electron chi connectivity index (χ4n) is 5.44. The Morgan fingerprint density at radius 3 is 2.22 bits per heavy atom. The number of carbonyl (C=O) groups excluding carboxylic acids is 2. The van der Waals surface area contributed by atoms with Crippen LogP contribution in [0.5, 0.6) is 0 Å². The van der Waals surface area contributed by atoms with Crippen molar-refractivity contribution in [1.29, 1.82) is 0 Å². The first kappa shape index (κ1) is 22.4. The summed E-state index contributed by atoms with van der Waals surface area (Å²) in [4.78, 5) is 34.2. The molecule has 6 heteroatoms. The topological polar surface area (TPSA) is 64.4 Å². The number of nitrogens with zero attached hydrogens (tertiary/aromatic N) is 3. The average Bonchev–Trinajstić information content (AvgIpc) is 3.25. The van der Waals surface area contributed by atoms with Crippen LogP contribution in [0, 0.1) is 0 Å². The molecule has 0 amide bonds. The van der Waals surface area contributed by atoms with E-state index < -0.39 is 5.97 Å². The van der Waals surface area contributed by atoms with Gasteiger partial charge in [0.2, 0.25) is 0 Å². The Bertz CT molecular complexity index is 1580. The van der Waals surface area contributed by atoms with Crippen LogP contribution in [0.25, 0.3) is 32.7 Å². The number of esters is 1. The van der Waals surface area contributed by atoms with Gasteiger partial charge >= 0.3 is 5.97 Å². The van der Waals surface area contributed by atoms with Gasteiger partial charge in [-0.05, 0) is 31.2 Å². The van der Waals surface area contributed by atoms with Crippen molar-refractivity contribution in [3.05, 3.63) is 89.6 Å². The molecule has 0 spiro atoms. The SMILES string of the molecule is CCCN1CCc2nc3ccccc3c(C(=O)OCC(=O)n3c4ccccc4c4ccccc43)c2C1. The normalized spacial score (nSPS) is 13.8. The second-order valence-corrected chi connectivity index (χ2v) is 9.29. The highest BCUT2D eigenvalue weighted by Gasteiger charge is 2.27. The third kappa shape index (κ3) is 3.74. The van der Waals surface area contributed by atoms with Gasteiger partial charge < -0.3 is 4.74 Å². The van der Waals surface area contributed by atoms with Crippen molar-refractivity contribution in [2.24, 2.45) is 0 Å². The summed E-state index contributed by atoms with van der Waals surface area (Å²) >= 11 is 0. The van der Waals surface area contributed by atoms with E-state index in [1.807, 2.05) is 72.8 Å². The minimum Gasteiger partial charge on any atom is -0.452 e. The minimum absolute atomic E-state index is 0.277. The third-order valence-corrected chi connectivity index (χ3v) is 7.03. The van der Waals surface area contributed by atoms with Crippen molar-refractivity contribution in [2.45, 2.75) is 26.3 Å². The van der Waals surface area contributed by atoms with Crippen LogP contribution in [-0.4, -0.2) is 46.0 Å². The van der Waals surface area contributed by atoms with Crippen molar-refractivity contribution in [2.75, 3.05) is 19.7 Å². The maximum absolute atomic E-state index is 13.6. The molecule has 6 rings (SSSR count). The van der Waals surface area contributed by atoms with Crippen LogP contribution in [0.15, 0.2) is 72.8 Å². The molecule has 0 unspecified atom stereocenters. The molecule has 0 radical (unpaired) electrons. The molecule has 1 aliphatic heterocycles. The highest BCUT2D eigenvalue weighted by Crippen LogP contribution is 2.30. The molecule has 0 bridgehead atoms. The Labute approximate surface area is 209 Å². The van der Waals surface area contributed by atoms with Gasteiger partial charge in [0, 0.05) is 46.9 Å². The second-order valence-electron chi connectivity index (χ2n) is 9.29. The molecule has 1 aliphatic rings. The summed E-state index contributed by atoms with van der Waals surface area (Å²) < 4.78 is 7.38. The van der Waals surface area contributed by atoms with Crippen LogP contribution in [0.3, 0.4) is 0 Å². The molecule has 3 heterocycles. The monoisotopic (exact) mass is 477 g/mol. The lowest BCUT2D eigenvalue weighted by atomic mass is 9.95. The number of rotatable bonds is 5. The fraction of sp³-hybridized carbons (Fsp3) is 0.233. The largest absolute Gasteiger partial charge is 0.452 e. The van der Waals surface area contributed by atoms with Crippen LogP contribution in [-0.2, 0) is 17.7 Å². The lowest BCUT2D eigenvalue weighted by Gasteiger charge is -2.29. The molecule has 0 aliphatic carbocycles. The molecule has 6 nitrogen and oxygen atoms in total. The number of ether oxygens (including phenoxy) is 1. The Morgan fingerprint density at radius 1 is 0.889 bits per heavy atom. The molecular weight excluding hydrogens is 450 g/mol. The zero-order valence-corrected chi connectivity index (χ0v) is 20.2. The minimum atomic E-state index is -0.475. The Hall–Kier alpha value is -4.03. The molecule has 5 aromatic rings. The summed E-state index contributed by atoms with van der Waals surface area (Å²) in [6.45, 7) is 4.36. The van der Waals surface area contributed by atoms with Crippen LogP contribution in [0.2, 0.25) is 0 Å². The Balaban J connectivity index is 1.35. The van der Waals surface area contributed by atoms with Gasteiger partial charge in [0.25, 0.3) is 5.91 Å². The zero-order valence-electron chi connectivity index (χ0n) is 20.2. The van der Waals surface area contributed by atoms with Gasteiger partial charge in [-0.2, -0.15) is 0 Å². The van der Waals surface area contributed by atoms with Gasteiger partial charge in [-0.25, -0.2) is 4.79 Å². The number of fused-ring (bicyclic) bond motifs is 5. The summed E-state index contributed by atoms with van der Waals surface area (Å²) in [6.07, 6.45) is 1.84. The number of hydrogen-bond acceptors (Lipinski definition) is 5. The van der Waals surface area contributed by atoms with E-state index in [0.29, 0.717) is 12.1 Å². The van der Waals surface area contributed by atoms with E-state index in [9.17, 15) is 9.59 Å². The Kier molecular flexibility index (Phi) is 5.74. The molecule has 0 atom stereocenters. The summed E-state index contributed by atoms with van der Waals surface area (Å²) in [7, 11) is 0. The number of hydrogen-bond donors (Lipinski definition) is 0. The van der Waals surface area contributed by atoms with Crippen LogP contribution < -0.4 is 0 Å². The van der Waals surface area contributed by atoms with Crippen molar-refractivity contribution >= 4 is 44.6 Å². The van der Waals surface area contributed by atoms with E-state index in [1.54, 1.807) is 4.57 Å². The molecule has 0 N–H and O–H groups in total.